The third-order valence-electron chi connectivity index (χ3n) is 3.91. The van der Waals surface area contributed by atoms with Crippen molar-refractivity contribution in [2.45, 2.75) is 26.4 Å². The summed E-state index contributed by atoms with van der Waals surface area (Å²) in [5.74, 6) is 1.63. The summed E-state index contributed by atoms with van der Waals surface area (Å²) < 4.78 is 16.2. The zero-order valence-corrected chi connectivity index (χ0v) is 16.7. The minimum atomic E-state index is -0.310. The molecule has 27 heavy (non-hydrogen) atoms. The SMILES string of the molecule is CC[C@@H](C)Oc1ccc(C(=O)NC(=S)Nc2ccc(OC)cc2OC)cc1. The van der Waals surface area contributed by atoms with Crippen LogP contribution in [0.4, 0.5) is 5.69 Å². The van der Waals surface area contributed by atoms with Gasteiger partial charge >= 0.3 is 0 Å². The second-order valence-electron chi connectivity index (χ2n) is 5.84. The fraction of sp³-hybridized carbons (Fsp3) is 0.300. The first-order chi connectivity index (χ1) is 13.0. The van der Waals surface area contributed by atoms with Crippen LogP contribution in [0.15, 0.2) is 42.5 Å². The lowest BCUT2D eigenvalue weighted by Gasteiger charge is -2.14. The van der Waals surface area contributed by atoms with Gasteiger partial charge in [0, 0.05) is 11.6 Å². The molecule has 144 valence electrons. The van der Waals surface area contributed by atoms with Crippen molar-refractivity contribution in [3.05, 3.63) is 48.0 Å². The number of hydrogen-bond acceptors (Lipinski definition) is 5. The molecule has 0 saturated carbocycles. The molecule has 0 aliphatic carbocycles. The van der Waals surface area contributed by atoms with E-state index in [0.29, 0.717) is 22.7 Å². The first-order valence-corrected chi connectivity index (χ1v) is 8.98. The van der Waals surface area contributed by atoms with Crippen LogP contribution in [-0.2, 0) is 0 Å². The zero-order chi connectivity index (χ0) is 19.8. The number of amides is 1. The molecule has 2 aromatic rings. The Bertz CT molecular complexity index is 793. The Balaban J connectivity index is 1.98. The van der Waals surface area contributed by atoms with Crippen molar-refractivity contribution in [2.24, 2.45) is 0 Å². The molecule has 2 N–H and O–H groups in total. The number of thiocarbonyl (C=S) groups is 1. The van der Waals surface area contributed by atoms with Crippen molar-refractivity contribution in [3.63, 3.8) is 0 Å². The van der Waals surface area contributed by atoms with E-state index in [1.807, 2.05) is 6.92 Å². The van der Waals surface area contributed by atoms with Crippen molar-refractivity contribution in [2.75, 3.05) is 19.5 Å². The standard InChI is InChI=1S/C20H24N2O4S/c1-5-13(2)26-15-8-6-14(7-9-15)19(23)22-20(27)21-17-11-10-16(24-3)12-18(17)25-4/h6-13H,5H2,1-4H3,(H2,21,22,23,27)/t13-/m1/s1. The second-order valence-corrected chi connectivity index (χ2v) is 6.24. The number of rotatable bonds is 7. The Hall–Kier alpha value is -2.80. The molecule has 0 aliphatic rings. The molecule has 0 heterocycles. The van der Waals surface area contributed by atoms with Crippen LogP contribution in [0.3, 0.4) is 0 Å². The monoisotopic (exact) mass is 388 g/mol. The van der Waals surface area contributed by atoms with Crippen molar-refractivity contribution in [1.82, 2.24) is 5.32 Å². The highest BCUT2D eigenvalue weighted by Crippen LogP contribution is 2.28. The average Bonchev–Trinajstić information content (AvgIpc) is 2.68. The zero-order valence-electron chi connectivity index (χ0n) is 15.9. The molecule has 0 spiro atoms. The van der Waals surface area contributed by atoms with Crippen molar-refractivity contribution in [3.8, 4) is 17.2 Å². The Morgan fingerprint density at radius 2 is 1.74 bits per heavy atom. The van der Waals surface area contributed by atoms with Crippen LogP contribution in [-0.4, -0.2) is 31.3 Å². The van der Waals surface area contributed by atoms with Gasteiger partial charge in [-0.05, 0) is 62.0 Å². The van der Waals surface area contributed by atoms with Crippen LogP contribution in [0, 0.1) is 0 Å². The van der Waals surface area contributed by atoms with Gasteiger partial charge in [0.2, 0.25) is 0 Å². The molecule has 0 aromatic heterocycles. The Kier molecular flexibility index (Phi) is 7.43. The van der Waals surface area contributed by atoms with Gasteiger partial charge in [0.15, 0.2) is 5.11 Å². The molecule has 0 aliphatic heterocycles. The highest BCUT2D eigenvalue weighted by Gasteiger charge is 2.11. The molecule has 0 fully saturated rings. The number of methoxy groups -OCH3 is 2. The average molecular weight is 388 g/mol. The Labute approximate surface area is 164 Å². The molecule has 0 radical (unpaired) electrons. The van der Waals surface area contributed by atoms with Crippen molar-refractivity contribution < 1.29 is 19.0 Å². The van der Waals surface area contributed by atoms with E-state index in [0.717, 1.165) is 12.2 Å². The summed E-state index contributed by atoms with van der Waals surface area (Å²) in [6.07, 6.45) is 1.04. The molecule has 2 rings (SSSR count). The van der Waals surface area contributed by atoms with Gasteiger partial charge in [0.05, 0.1) is 26.0 Å². The number of carbonyl (C=O) groups excluding carboxylic acids is 1. The maximum absolute atomic E-state index is 12.4. The van der Waals surface area contributed by atoms with Gasteiger partial charge in [-0.25, -0.2) is 0 Å². The maximum atomic E-state index is 12.4. The van der Waals surface area contributed by atoms with Crippen molar-refractivity contribution >= 4 is 28.9 Å². The van der Waals surface area contributed by atoms with E-state index < -0.39 is 0 Å². The highest BCUT2D eigenvalue weighted by molar-refractivity contribution is 7.80. The molecule has 2 aromatic carbocycles. The van der Waals surface area contributed by atoms with Gasteiger partial charge in [0.1, 0.15) is 17.2 Å². The predicted molar refractivity (Wildman–Crippen MR) is 110 cm³/mol. The third-order valence-corrected chi connectivity index (χ3v) is 4.12. The molecule has 0 saturated heterocycles. The van der Waals surface area contributed by atoms with E-state index in [1.165, 1.54) is 0 Å². The van der Waals surface area contributed by atoms with Crippen molar-refractivity contribution in [1.29, 1.82) is 0 Å². The van der Waals surface area contributed by atoms with Gasteiger partial charge in [-0.3, -0.25) is 10.1 Å². The summed E-state index contributed by atoms with van der Waals surface area (Å²) in [7, 11) is 3.12. The number of carbonyl (C=O) groups is 1. The van der Waals surface area contributed by atoms with Gasteiger partial charge < -0.3 is 19.5 Å². The number of ether oxygens (including phenoxy) is 3. The summed E-state index contributed by atoms with van der Waals surface area (Å²) in [4.78, 5) is 12.4. The molecule has 1 atom stereocenters. The first kappa shape index (κ1) is 20.5. The van der Waals surface area contributed by atoms with Gasteiger partial charge in [-0.2, -0.15) is 0 Å². The van der Waals surface area contributed by atoms with E-state index in [9.17, 15) is 4.79 Å². The van der Waals surface area contributed by atoms with Crippen LogP contribution in [0.5, 0.6) is 17.2 Å². The lowest BCUT2D eigenvalue weighted by atomic mass is 10.2. The van der Waals surface area contributed by atoms with E-state index in [4.69, 9.17) is 26.4 Å². The number of hydrogen-bond donors (Lipinski definition) is 2. The molecule has 0 bridgehead atoms. The lowest BCUT2D eigenvalue weighted by molar-refractivity contribution is 0.0977. The van der Waals surface area contributed by atoms with Gasteiger partial charge in [-0.1, -0.05) is 6.92 Å². The van der Waals surface area contributed by atoms with E-state index in [2.05, 4.69) is 17.6 Å². The summed E-state index contributed by atoms with van der Waals surface area (Å²) in [6, 6.07) is 12.2. The fourth-order valence-electron chi connectivity index (χ4n) is 2.23. The Morgan fingerprint density at radius 3 is 2.33 bits per heavy atom. The van der Waals surface area contributed by atoms with Crippen LogP contribution in [0.25, 0.3) is 0 Å². The molecule has 1 amide bonds. The minimum Gasteiger partial charge on any atom is -0.497 e. The molecule has 7 heteroatoms. The smallest absolute Gasteiger partial charge is 0.257 e. The van der Waals surface area contributed by atoms with Crippen LogP contribution < -0.4 is 24.8 Å². The van der Waals surface area contributed by atoms with E-state index >= 15 is 0 Å². The van der Waals surface area contributed by atoms with Crippen LogP contribution in [0.1, 0.15) is 30.6 Å². The highest BCUT2D eigenvalue weighted by atomic mass is 32.1. The van der Waals surface area contributed by atoms with Gasteiger partial charge in [0.25, 0.3) is 5.91 Å². The van der Waals surface area contributed by atoms with E-state index in [1.54, 1.807) is 56.7 Å². The molecule has 0 unspecified atom stereocenters. The van der Waals surface area contributed by atoms with E-state index in [-0.39, 0.29) is 17.1 Å². The summed E-state index contributed by atoms with van der Waals surface area (Å²) >= 11 is 5.23. The number of anilines is 1. The minimum absolute atomic E-state index is 0.126. The largest absolute Gasteiger partial charge is 0.497 e. The molecule has 6 nitrogen and oxygen atoms in total. The fourth-order valence-corrected chi connectivity index (χ4v) is 2.43. The lowest BCUT2D eigenvalue weighted by Crippen LogP contribution is -2.34. The predicted octanol–water partition coefficient (Wildman–Crippen LogP) is 4.01. The quantitative estimate of drug-likeness (QED) is 0.699. The van der Waals surface area contributed by atoms with Gasteiger partial charge in [-0.15, -0.1) is 0 Å². The number of benzene rings is 2. The number of nitrogens with one attached hydrogen (secondary N) is 2. The first-order valence-electron chi connectivity index (χ1n) is 8.57. The normalized spacial score (nSPS) is 11.3. The third kappa shape index (κ3) is 5.86. The summed E-state index contributed by atoms with van der Waals surface area (Å²) in [6.45, 7) is 4.05. The molecular weight excluding hydrogens is 364 g/mol. The Morgan fingerprint density at radius 1 is 1.07 bits per heavy atom. The summed E-state index contributed by atoms with van der Waals surface area (Å²) in [5.41, 5.74) is 1.11. The summed E-state index contributed by atoms with van der Waals surface area (Å²) in [5, 5.41) is 5.77. The maximum Gasteiger partial charge on any atom is 0.257 e. The topological polar surface area (TPSA) is 68.8 Å². The molecular formula is C20H24N2O4S. The second kappa shape index (κ2) is 9.78. The van der Waals surface area contributed by atoms with Crippen LogP contribution >= 0.6 is 12.2 Å². The van der Waals surface area contributed by atoms with Crippen LogP contribution in [0.2, 0.25) is 0 Å².